The summed E-state index contributed by atoms with van der Waals surface area (Å²) >= 11 is 0. The Balaban J connectivity index is 1.41. The van der Waals surface area contributed by atoms with Crippen molar-refractivity contribution in [1.29, 1.82) is 0 Å². The number of hydrogen-bond donors (Lipinski definition) is 1. The van der Waals surface area contributed by atoms with Crippen LogP contribution in [0.1, 0.15) is 41.3 Å². The Morgan fingerprint density at radius 3 is 2.69 bits per heavy atom. The molecule has 4 heterocycles. The summed E-state index contributed by atoms with van der Waals surface area (Å²) in [6.07, 6.45) is 3.47. The number of hydrogen-bond acceptors (Lipinski definition) is 5. The van der Waals surface area contributed by atoms with Crippen molar-refractivity contribution in [3.05, 3.63) is 58.9 Å². The summed E-state index contributed by atoms with van der Waals surface area (Å²) in [6.45, 7) is 4.01. The molecule has 0 amide bonds. The molecule has 1 saturated carbocycles. The van der Waals surface area contributed by atoms with Crippen LogP contribution in [0.5, 0.6) is 6.01 Å². The van der Waals surface area contributed by atoms with Gasteiger partial charge in [0.15, 0.2) is 0 Å². The topological polar surface area (TPSA) is 50.3 Å². The van der Waals surface area contributed by atoms with E-state index < -0.39 is 0 Å². The van der Waals surface area contributed by atoms with Crippen molar-refractivity contribution in [1.82, 2.24) is 15.3 Å². The Hall–Kier alpha value is -2.66. The number of nitrogens with one attached hydrogen (secondary N) is 1. The number of fused-ring (bicyclic) bond motifs is 3. The Bertz CT molecular complexity index is 1100. The van der Waals surface area contributed by atoms with Crippen molar-refractivity contribution in [2.45, 2.75) is 50.7 Å². The normalized spacial score (nSPS) is 25.0. The van der Waals surface area contributed by atoms with Crippen LogP contribution in [-0.2, 0) is 13.0 Å². The molecular weight excluding hydrogens is 360 g/mol. The van der Waals surface area contributed by atoms with Crippen LogP contribution in [0, 0.1) is 6.92 Å². The Kier molecular flexibility index (Phi) is 3.81. The molecule has 3 unspecified atom stereocenters. The monoisotopic (exact) mass is 386 g/mol. The molecule has 29 heavy (non-hydrogen) atoms. The highest BCUT2D eigenvalue weighted by molar-refractivity contribution is 5.96. The summed E-state index contributed by atoms with van der Waals surface area (Å²) in [7, 11) is 1.67. The maximum atomic E-state index is 5.50. The largest absolute Gasteiger partial charge is 0.467 e. The minimum Gasteiger partial charge on any atom is -0.467 e. The molecule has 1 aliphatic carbocycles. The molecule has 5 heteroatoms. The Morgan fingerprint density at radius 2 is 1.93 bits per heavy atom. The number of benzene rings is 2. The van der Waals surface area contributed by atoms with Gasteiger partial charge in [-0.05, 0) is 48.8 Å². The first-order valence-electron chi connectivity index (χ1n) is 10.6. The van der Waals surface area contributed by atoms with Gasteiger partial charge in [0, 0.05) is 35.6 Å². The van der Waals surface area contributed by atoms with Crippen molar-refractivity contribution in [3.63, 3.8) is 0 Å². The van der Waals surface area contributed by atoms with E-state index in [1.165, 1.54) is 46.1 Å². The van der Waals surface area contributed by atoms with E-state index in [2.05, 4.69) is 53.5 Å². The summed E-state index contributed by atoms with van der Waals surface area (Å²) in [5, 5.41) is 6.30. The van der Waals surface area contributed by atoms with E-state index in [0.717, 1.165) is 25.2 Å². The summed E-state index contributed by atoms with van der Waals surface area (Å²) in [5.74, 6) is 0.511. The van der Waals surface area contributed by atoms with Crippen LogP contribution in [0.25, 0.3) is 10.8 Å². The van der Waals surface area contributed by atoms with E-state index in [4.69, 9.17) is 14.7 Å². The molecule has 2 aromatic carbocycles. The van der Waals surface area contributed by atoms with Gasteiger partial charge in [0.25, 0.3) is 0 Å². The number of methoxy groups -OCH3 is 1. The minimum absolute atomic E-state index is 0.511. The fourth-order valence-corrected chi connectivity index (χ4v) is 5.61. The van der Waals surface area contributed by atoms with Gasteiger partial charge in [-0.2, -0.15) is 9.97 Å². The van der Waals surface area contributed by atoms with E-state index in [9.17, 15) is 0 Å². The second-order valence-corrected chi connectivity index (χ2v) is 8.69. The number of rotatable bonds is 3. The Labute approximate surface area is 171 Å². The first kappa shape index (κ1) is 17.2. The molecule has 5 nitrogen and oxygen atoms in total. The maximum Gasteiger partial charge on any atom is 0.316 e. The van der Waals surface area contributed by atoms with Gasteiger partial charge < -0.3 is 15.0 Å². The van der Waals surface area contributed by atoms with Gasteiger partial charge >= 0.3 is 6.01 Å². The second kappa shape index (κ2) is 6.42. The molecule has 2 saturated heterocycles. The quantitative estimate of drug-likeness (QED) is 0.743. The van der Waals surface area contributed by atoms with Crippen LogP contribution >= 0.6 is 0 Å². The summed E-state index contributed by atoms with van der Waals surface area (Å²) < 4.78 is 5.50. The number of anilines is 1. The average molecular weight is 386 g/mol. The zero-order valence-electron chi connectivity index (χ0n) is 17.0. The van der Waals surface area contributed by atoms with Crippen LogP contribution in [0.2, 0.25) is 0 Å². The molecular formula is C24H26N4O. The van der Waals surface area contributed by atoms with Crippen molar-refractivity contribution in [2.75, 3.05) is 18.6 Å². The van der Waals surface area contributed by atoms with Crippen LogP contribution in [0.4, 0.5) is 5.69 Å². The van der Waals surface area contributed by atoms with Crippen molar-refractivity contribution in [3.8, 4) is 6.01 Å². The highest BCUT2D eigenvalue weighted by atomic mass is 16.5. The first-order valence-corrected chi connectivity index (χ1v) is 10.6. The van der Waals surface area contributed by atoms with Gasteiger partial charge in [-0.15, -0.1) is 0 Å². The van der Waals surface area contributed by atoms with Crippen LogP contribution in [0.3, 0.4) is 0 Å². The molecule has 7 rings (SSSR count). The Morgan fingerprint density at radius 1 is 1.10 bits per heavy atom. The van der Waals surface area contributed by atoms with E-state index in [0.29, 0.717) is 24.0 Å². The van der Waals surface area contributed by atoms with Gasteiger partial charge in [0.05, 0.1) is 25.0 Å². The van der Waals surface area contributed by atoms with Gasteiger partial charge in [-0.3, -0.25) is 0 Å². The molecule has 1 aromatic heterocycles. The molecule has 4 aliphatic rings. The molecule has 3 atom stereocenters. The van der Waals surface area contributed by atoms with Crippen molar-refractivity contribution < 1.29 is 4.74 Å². The summed E-state index contributed by atoms with van der Waals surface area (Å²) in [5.41, 5.74) is 6.35. The number of aryl methyl sites for hydroxylation is 1. The average Bonchev–Trinajstić information content (AvgIpc) is 3.33. The molecule has 3 fully saturated rings. The first-order chi connectivity index (χ1) is 14.2. The SMILES string of the molecule is COc1nc2c(c(C3CC4CC3N4)n1)CCN(c1cccc3cccc(C)c13)C2. The minimum atomic E-state index is 0.511. The van der Waals surface area contributed by atoms with Gasteiger partial charge in [0.1, 0.15) is 0 Å². The van der Waals surface area contributed by atoms with Gasteiger partial charge in [-0.25, -0.2) is 0 Å². The lowest BCUT2D eigenvalue weighted by Gasteiger charge is -2.33. The standard InChI is InChI=1S/C24H26N4O/c1-14-5-3-6-15-7-4-8-21(22(14)15)28-10-9-17-20(13-28)26-24(29-2)27-23(17)18-11-16-12-19(18)25-16/h3-8,16,18-19,25H,9-13H2,1-2H3. The third-order valence-electron chi connectivity index (χ3n) is 7.05. The second-order valence-electron chi connectivity index (χ2n) is 8.69. The predicted octanol–water partition coefficient (Wildman–Crippen LogP) is 3.73. The smallest absolute Gasteiger partial charge is 0.316 e. The van der Waals surface area contributed by atoms with Crippen molar-refractivity contribution in [2.24, 2.45) is 0 Å². The third-order valence-corrected chi connectivity index (χ3v) is 7.05. The van der Waals surface area contributed by atoms with Gasteiger partial charge in [-0.1, -0.05) is 30.3 Å². The highest BCUT2D eigenvalue weighted by Gasteiger charge is 2.46. The molecule has 3 aliphatic heterocycles. The molecule has 1 N–H and O–H groups in total. The predicted molar refractivity (Wildman–Crippen MR) is 115 cm³/mol. The lowest BCUT2D eigenvalue weighted by Crippen LogP contribution is -2.44. The van der Waals surface area contributed by atoms with E-state index in [-0.39, 0.29) is 0 Å². The zero-order chi connectivity index (χ0) is 19.5. The lowest BCUT2D eigenvalue weighted by atomic mass is 9.91. The zero-order valence-corrected chi connectivity index (χ0v) is 17.0. The molecule has 148 valence electrons. The van der Waals surface area contributed by atoms with Crippen LogP contribution in [-0.4, -0.2) is 35.7 Å². The molecule has 0 radical (unpaired) electrons. The summed E-state index contributed by atoms with van der Waals surface area (Å²) in [6, 6.07) is 14.9. The lowest BCUT2D eigenvalue weighted by molar-refractivity contribution is 0.352. The van der Waals surface area contributed by atoms with Crippen LogP contribution in [0.15, 0.2) is 36.4 Å². The van der Waals surface area contributed by atoms with Gasteiger partial charge in [0.2, 0.25) is 0 Å². The summed E-state index contributed by atoms with van der Waals surface area (Å²) in [4.78, 5) is 12.1. The fraction of sp³-hybridized carbons (Fsp3) is 0.417. The van der Waals surface area contributed by atoms with E-state index in [1.54, 1.807) is 7.11 Å². The van der Waals surface area contributed by atoms with Crippen LogP contribution < -0.4 is 15.0 Å². The van der Waals surface area contributed by atoms with E-state index in [1.807, 2.05) is 0 Å². The number of aromatic nitrogens is 2. The number of ether oxygens (including phenoxy) is 1. The number of nitrogens with zero attached hydrogens (tertiary/aromatic N) is 3. The van der Waals surface area contributed by atoms with E-state index >= 15 is 0 Å². The fourth-order valence-electron chi connectivity index (χ4n) is 5.61. The molecule has 0 spiro atoms. The maximum absolute atomic E-state index is 5.50. The molecule has 3 aromatic rings. The van der Waals surface area contributed by atoms with Crippen molar-refractivity contribution >= 4 is 16.5 Å². The molecule has 2 bridgehead atoms. The highest BCUT2D eigenvalue weighted by Crippen LogP contribution is 2.44. The third kappa shape index (κ3) is 2.64.